The molecule has 1 aliphatic heterocycles. The third-order valence-corrected chi connectivity index (χ3v) is 3.50. The Balaban J connectivity index is 2.22. The fourth-order valence-electron chi connectivity index (χ4n) is 1.97. The van der Waals surface area contributed by atoms with Crippen LogP contribution in [0.25, 0.3) is 0 Å². The van der Waals surface area contributed by atoms with Crippen molar-refractivity contribution in [1.82, 2.24) is 0 Å². The second kappa shape index (κ2) is 4.66. The van der Waals surface area contributed by atoms with E-state index < -0.39 is 11.2 Å². The van der Waals surface area contributed by atoms with Gasteiger partial charge in [0.05, 0.1) is 24.3 Å². The molecule has 3 N–H and O–H groups in total. The SMILES string of the molecule is Cc1cccc(F)c1NC(=O)C1(C)COCC1N. The van der Waals surface area contributed by atoms with E-state index in [0.717, 1.165) is 0 Å². The maximum absolute atomic E-state index is 13.6. The number of halogens is 1. The lowest BCUT2D eigenvalue weighted by molar-refractivity contribution is -0.125. The van der Waals surface area contributed by atoms with Gasteiger partial charge in [0.15, 0.2) is 0 Å². The summed E-state index contributed by atoms with van der Waals surface area (Å²) < 4.78 is 18.9. The van der Waals surface area contributed by atoms with E-state index in [9.17, 15) is 9.18 Å². The van der Waals surface area contributed by atoms with E-state index in [0.29, 0.717) is 12.2 Å². The molecule has 2 rings (SSSR count). The van der Waals surface area contributed by atoms with Gasteiger partial charge in [-0.25, -0.2) is 4.39 Å². The molecular formula is C13H17FN2O2. The van der Waals surface area contributed by atoms with Gasteiger partial charge in [-0.3, -0.25) is 4.79 Å². The summed E-state index contributed by atoms with van der Waals surface area (Å²) in [6.45, 7) is 4.08. The predicted octanol–water partition coefficient (Wildman–Crippen LogP) is 1.44. The van der Waals surface area contributed by atoms with Crippen molar-refractivity contribution in [3.05, 3.63) is 29.6 Å². The molecular weight excluding hydrogens is 235 g/mol. The molecule has 1 heterocycles. The first-order valence-electron chi connectivity index (χ1n) is 5.85. The van der Waals surface area contributed by atoms with Crippen LogP contribution in [0.2, 0.25) is 0 Å². The van der Waals surface area contributed by atoms with E-state index in [-0.39, 0.29) is 24.2 Å². The average Bonchev–Trinajstić information content (AvgIpc) is 2.66. The minimum atomic E-state index is -0.811. The number of rotatable bonds is 2. The van der Waals surface area contributed by atoms with Crippen LogP contribution in [-0.4, -0.2) is 25.2 Å². The Kier molecular flexibility index (Phi) is 3.36. The van der Waals surface area contributed by atoms with Crippen LogP contribution in [0.15, 0.2) is 18.2 Å². The molecule has 1 amide bonds. The van der Waals surface area contributed by atoms with E-state index in [1.807, 2.05) is 0 Å². The lowest BCUT2D eigenvalue weighted by atomic mass is 9.84. The van der Waals surface area contributed by atoms with Crippen molar-refractivity contribution in [3.8, 4) is 0 Å². The van der Waals surface area contributed by atoms with Gasteiger partial charge >= 0.3 is 0 Å². The van der Waals surface area contributed by atoms with Crippen LogP contribution >= 0.6 is 0 Å². The highest BCUT2D eigenvalue weighted by Crippen LogP contribution is 2.30. The number of ether oxygens (including phenoxy) is 1. The molecule has 2 unspecified atom stereocenters. The highest BCUT2D eigenvalue weighted by Gasteiger charge is 2.44. The first-order chi connectivity index (χ1) is 8.45. The number of anilines is 1. The number of aryl methyl sites for hydroxylation is 1. The summed E-state index contributed by atoms with van der Waals surface area (Å²) in [6, 6.07) is 4.29. The van der Waals surface area contributed by atoms with Gasteiger partial charge in [-0.05, 0) is 25.5 Å². The quantitative estimate of drug-likeness (QED) is 0.837. The van der Waals surface area contributed by atoms with Crippen molar-refractivity contribution in [2.75, 3.05) is 18.5 Å². The van der Waals surface area contributed by atoms with E-state index >= 15 is 0 Å². The molecule has 0 spiro atoms. The van der Waals surface area contributed by atoms with E-state index in [4.69, 9.17) is 10.5 Å². The van der Waals surface area contributed by atoms with Crippen molar-refractivity contribution in [1.29, 1.82) is 0 Å². The Morgan fingerprint density at radius 3 is 2.89 bits per heavy atom. The lowest BCUT2D eigenvalue weighted by Gasteiger charge is -2.25. The van der Waals surface area contributed by atoms with Crippen molar-refractivity contribution in [3.63, 3.8) is 0 Å². The molecule has 4 nitrogen and oxygen atoms in total. The van der Waals surface area contributed by atoms with Crippen LogP contribution in [0.4, 0.5) is 10.1 Å². The Hall–Kier alpha value is -1.46. The standard InChI is InChI=1S/C13H17FN2O2/c1-8-4-3-5-9(14)11(8)16-12(17)13(2)7-18-6-10(13)15/h3-5,10H,6-7,15H2,1-2H3,(H,16,17). The van der Waals surface area contributed by atoms with Crippen molar-refractivity contribution < 1.29 is 13.9 Å². The number of carbonyl (C=O) groups is 1. The average molecular weight is 252 g/mol. The Labute approximate surface area is 105 Å². The van der Waals surface area contributed by atoms with Crippen molar-refractivity contribution in [2.24, 2.45) is 11.1 Å². The van der Waals surface area contributed by atoms with Crippen LogP contribution in [0.5, 0.6) is 0 Å². The van der Waals surface area contributed by atoms with Crippen molar-refractivity contribution >= 4 is 11.6 Å². The highest BCUT2D eigenvalue weighted by molar-refractivity contribution is 5.96. The number of nitrogens with two attached hydrogens (primary N) is 1. The summed E-state index contributed by atoms with van der Waals surface area (Å²) in [5.74, 6) is -0.750. The fourth-order valence-corrected chi connectivity index (χ4v) is 1.97. The smallest absolute Gasteiger partial charge is 0.234 e. The molecule has 0 aliphatic carbocycles. The topological polar surface area (TPSA) is 64.3 Å². The Morgan fingerprint density at radius 1 is 1.61 bits per heavy atom. The van der Waals surface area contributed by atoms with Crippen molar-refractivity contribution in [2.45, 2.75) is 19.9 Å². The lowest BCUT2D eigenvalue weighted by Crippen LogP contribution is -2.47. The summed E-state index contributed by atoms with van der Waals surface area (Å²) in [7, 11) is 0. The molecule has 1 saturated heterocycles. The first-order valence-corrected chi connectivity index (χ1v) is 5.85. The van der Waals surface area contributed by atoms with Crippen LogP contribution < -0.4 is 11.1 Å². The normalized spacial score (nSPS) is 27.2. The molecule has 1 aromatic rings. The molecule has 2 atom stereocenters. The third-order valence-electron chi connectivity index (χ3n) is 3.50. The highest BCUT2D eigenvalue weighted by atomic mass is 19.1. The van der Waals surface area contributed by atoms with Gasteiger partial charge in [0, 0.05) is 6.04 Å². The van der Waals surface area contributed by atoms with Crippen LogP contribution in [0.1, 0.15) is 12.5 Å². The molecule has 5 heteroatoms. The Morgan fingerprint density at radius 2 is 2.33 bits per heavy atom. The first kappa shape index (κ1) is 13.0. The summed E-state index contributed by atoms with van der Waals surface area (Å²) in [5.41, 5.74) is 5.94. The largest absolute Gasteiger partial charge is 0.379 e. The summed E-state index contributed by atoms with van der Waals surface area (Å²) in [6.07, 6.45) is 0. The van der Waals surface area contributed by atoms with Crippen LogP contribution in [-0.2, 0) is 9.53 Å². The summed E-state index contributed by atoms with van der Waals surface area (Å²) >= 11 is 0. The van der Waals surface area contributed by atoms with E-state index in [1.54, 1.807) is 26.0 Å². The number of amides is 1. The summed E-state index contributed by atoms with van der Waals surface area (Å²) in [5, 5.41) is 2.62. The van der Waals surface area contributed by atoms with Gasteiger partial charge in [-0.15, -0.1) is 0 Å². The number of benzene rings is 1. The van der Waals surface area contributed by atoms with Gasteiger partial charge in [0.2, 0.25) is 5.91 Å². The van der Waals surface area contributed by atoms with Gasteiger partial charge < -0.3 is 15.8 Å². The number of carbonyl (C=O) groups excluding carboxylic acids is 1. The maximum atomic E-state index is 13.6. The van der Waals surface area contributed by atoms with E-state index in [1.165, 1.54) is 6.07 Å². The molecule has 1 aliphatic rings. The zero-order chi connectivity index (χ0) is 13.3. The molecule has 18 heavy (non-hydrogen) atoms. The maximum Gasteiger partial charge on any atom is 0.234 e. The molecule has 1 aromatic carbocycles. The number of para-hydroxylation sites is 1. The number of nitrogens with one attached hydrogen (secondary N) is 1. The zero-order valence-electron chi connectivity index (χ0n) is 10.5. The Bertz CT molecular complexity index is 458. The van der Waals surface area contributed by atoms with Gasteiger partial charge in [0.25, 0.3) is 0 Å². The second-order valence-corrected chi connectivity index (χ2v) is 4.92. The van der Waals surface area contributed by atoms with Gasteiger partial charge in [-0.1, -0.05) is 12.1 Å². The molecule has 0 bridgehead atoms. The number of hydrogen-bond donors (Lipinski definition) is 2. The molecule has 0 aromatic heterocycles. The predicted molar refractivity (Wildman–Crippen MR) is 66.7 cm³/mol. The third kappa shape index (κ3) is 2.11. The molecule has 1 fully saturated rings. The van der Waals surface area contributed by atoms with Crippen LogP contribution in [0.3, 0.4) is 0 Å². The zero-order valence-corrected chi connectivity index (χ0v) is 10.5. The molecule has 98 valence electrons. The molecule has 0 saturated carbocycles. The monoisotopic (exact) mass is 252 g/mol. The minimum absolute atomic E-state index is 0.211. The van der Waals surface area contributed by atoms with E-state index in [2.05, 4.69) is 5.32 Å². The second-order valence-electron chi connectivity index (χ2n) is 4.92. The molecule has 0 radical (unpaired) electrons. The van der Waals surface area contributed by atoms with Gasteiger partial charge in [0.1, 0.15) is 5.82 Å². The van der Waals surface area contributed by atoms with Gasteiger partial charge in [-0.2, -0.15) is 0 Å². The number of hydrogen-bond acceptors (Lipinski definition) is 3. The van der Waals surface area contributed by atoms with Crippen LogP contribution in [0, 0.1) is 18.2 Å². The minimum Gasteiger partial charge on any atom is -0.379 e. The fraction of sp³-hybridized carbons (Fsp3) is 0.462. The summed E-state index contributed by atoms with van der Waals surface area (Å²) in [4.78, 5) is 12.2.